The minimum absolute atomic E-state index is 0.213. The third-order valence-electron chi connectivity index (χ3n) is 2.56. The lowest BCUT2D eigenvalue weighted by Gasteiger charge is -2.29. The average Bonchev–Trinajstić information content (AvgIpc) is 2.36. The number of alkyl halides is 1. The molecule has 7 heteroatoms. The third kappa shape index (κ3) is 6.32. The molecule has 0 aromatic heterocycles. The van der Waals surface area contributed by atoms with Crippen LogP contribution < -0.4 is 4.90 Å². The summed E-state index contributed by atoms with van der Waals surface area (Å²) in [7, 11) is 0. The molecule has 0 saturated carbocycles. The summed E-state index contributed by atoms with van der Waals surface area (Å²) in [5.74, 6) is 0. The van der Waals surface area contributed by atoms with E-state index in [-0.39, 0.29) is 10.7 Å². The zero-order valence-corrected chi connectivity index (χ0v) is 17.1. The van der Waals surface area contributed by atoms with Gasteiger partial charge in [-0.05, 0) is 59.2 Å². The van der Waals surface area contributed by atoms with E-state index in [9.17, 15) is 9.59 Å². The quantitative estimate of drug-likeness (QED) is 0.558. The first-order chi connectivity index (χ1) is 10.8. The van der Waals surface area contributed by atoms with Crippen molar-refractivity contribution in [3.8, 4) is 0 Å². The van der Waals surface area contributed by atoms with Crippen molar-refractivity contribution in [1.29, 1.82) is 0 Å². The average molecular weight is 421 g/mol. The van der Waals surface area contributed by atoms with Crippen LogP contribution in [-0.2, 0) is 14.8 Å². The molecule has 1 rings (SSSR count). The molecule has 1 aromatic carbocycles. The Morgan fingerprint density at radius 2 is 1.50 bits per heavy atom. The van der Waals surface area contributed by atoms with Crippen LogP contribution in [0.25, 0.3) is 0 Å². The van der Waals surface area contributed by atoms with Crippen LogP contribution in [0.5, 0.6) is 0 Å². The fraction of sp³-hybridized carbons (Fsp3) is 0.529. The van der Waals surface area contributed by atoms with Gasteiger partial charge in [0.15, 0.2) is 0 Å². The van der Waals surface area contributed by atoms with Gasteiger partial charge < -0.3 is 9.47 Å². The van der Waals surface area contributed by atoms with Crippen LogP contribution in [0, 0.1) is 0 Å². The number of amides is 2. The lowest BCUT2D eigenvalue weighted by molar-refractivity contribution is 0.0431. The number of imide groups is 1. The van der Waals surface area contributed by atoms with Crippen molar-refractivity contribution in [2.24, 2.45) is 0 Å². The van der Waals surface area contributed by atoms with Gasteiger partial charge in [0, 0.05) is 5.33 Å². The molecule has 24 heavy (non-hydrogen) atoms. The van der Waals surface area contributed by atoms with E-state index in [1.807, 2.05) is 0 Å². The lowest BCUT2D eigenvalue weighted by atomic mass is 10.2. The van der Waals surface area contributed by atoms with Crippen LogP contribution in [0.2, 0.25) is 5.02 Å². The minimum atomic E-state index is -0.842. The maximum Gasteiger partial charge on any atom is 0.424 e. The SMILES string of the molecule is CC(C)(C)OC(=O)N(C(=O)OC(C)(C)C)c1ccc(CBr)cc1Cl. The van der Waals surface area contributed by atoms with Crippen LogP contribution in [0.3, 0.4) is 0 Å². The van der Waals surface area contributed by atoms with Gasteiger partial charge >= 0.3 is 12.2 Å². The van der Waals surface area contributed by atoms with Gasteiger partial charge in [-0.1, -0.05) is 33.6 Å². The number of benzene rings is 1. The van der Waals surface area contributed by atoms with Crippen molar-refractivity contribution < 1.29 is 19.1 Å². The molecular formula is C17H23BrClNO4. The number of carbonyl (C=O) groups is 2. The maximum absolute atomic E-state index is 12.5. The van der Waals surface area contributed by atoms with Crippen molar-refractivity contribution in [1.82, 2.24) is 0 Å². The fourth-order valence-corrected chi connectivity index (χ4v) is 2.34. The molecule has 2 amide bonds. The summed E-state index contributed by atoms with van der Waals surface area (Å²) >= 11 is 9.59. The van der Waals surface area contributed by atoms with Gasteiger partial charge in [0.25, 0.3) is 0 Å². The summed E-state index contributed by atoms with van der Waals surface area (Å²) < 4.78 is 10.6. The van der Waals surface area contributed by atoms with E-state index in [4.69, 9.17) is 21.1 Å². The zero-order valence-electron chi connectivity index (χ0n) is 14.8. The van der Waals surface area contributed by atoms with Gasteiger partial charge in [-0.3, -0.25) is 0 Å². The standard InChI is InChI=1S/C17H23BrClNO4/c1-16(2,3)23-14(21)20(15(22)24-17(4,5)6)13-8-7-11(10-18)9-12(13)19/h7-9H,10H2,1-6H3. The largest absolute Gasteiger partial charge is 0.443 e. The summed E-state index contributed by atoms with van der Waals surface area (Å²) in [6.07, 6.45) is -1.68. The predicted molar refractivity (Wildman–Crippen MR) is 99.0 cm³/mol. The Labute approximate surface area is 156 Å². The van der Waals surface area contributed by atoms with Crippen molar-refractivity contribution in [3.05, 3.63) is 28.8 Å². The molecule has 1 aromatic rings. The Morgan fingerprint density at radius 3 is 1.83 bits per heavy atom. The number of anilines is 1. The smallest absolute Gasteiger partial charge is 0.424 e. The second kappa shape index (κ2) is 7.74. The molecule has 0 bridgehead atoms. The molecule has 0 fully saturated rings. The summed E-state index contributed by atoms with van der Waals surface area (Å²) in [5.41, 5.74) is -0.402. The first-order valence-electron chi connectivity index (χ1n) is 7.44. The molecule has 0 N–H and O–H groups in total. The Kier molecular flexibility index (Phi) is 6.70. The molecule has 0 radical (unpaired) electrons. The van der Waals surface area contributed by atoms with Crippen LogP contribution in [-0.4, -0.2) is 23.4 Å². The number of rotatable bonds is 2. The highest BCUT2D eigenvalue weighted by Gasteiger charge is 2.33. The van der Waals surface area contributed by atoms with Gasteiger partial charge in [0.05, 0.1) is 10.7 Å². The summed E-state index contributed by atoms with van der Waals surface area (Å²) in [6, 6.07) is 5.03. The van der Waals surface area contributed by atoms with E-state index in [2.05, 4.69) is 15.9 Å². The molecule has 0 heterocycles. The highest BCUT2D eigenvalue weighted by atomic mass is 79.9. The Hall–Kier alpha value is -1.27. The number of nitrogens with zero attached hydrogens (tertiary/aromatic N) is 1. The third-order valence-corrected chi connectivity index (χ3v) is 3.51. The van der Waals surface area contributed by atoms with Crippen molar-refractivity contribution >= 4 is 45.4 Å². The normalized spacial score (nSPS) is 11.8. The summed E-state index contributed by atoms with van der Waals surface area (Å²) in [6.45, 7) is 10.3. The first kappa shape index (κ1) is 20.8. The minimum Gasteiger partial charge on any atom is -0.443 e. The molecular weight excluding hydrogens is 398 g/mol. The number of hydrogen-bond acceptors (Lipinski definition) is 4. The number of hydrogen-bond donors (Lipinski definition) is 0. The number of halogens is 2. The van der Waals surface area contributed by atoms with Crippen molar-refractivity contribution in [2.45, 2.75) is 58.1 Å². The van der Waals surface area contributed by atoms with Crippen LogP contribution >= 0.6 is 27.5 Å². The molecule has 0 saturated heterocycles. The van der Waals surface area contributed by atoms with E-state index in [1.54, 1.807) is 59.7 Å². The molecule has 0 atom stereocenters. The molecule has 134 valence electrons. The van der Waals surface area contributed by atoms with E-state index in [1.165, 1.54) is 0 Å². The molecule has 5 nitrogen and oxygen atoms in total. The monoisotopic (exact) mass is 419 g/mol. The van der Waals surface area contributed by atoms with E-state index >= 15 is 0 Å². The van der Waals surface area contributed by atoms with Gasteiger partial charge in [-0.2, -0.15) is 4.90 Å². The zero-order chi connectivity index (χ0) is 18.7. The maximum atomic E-state index is 12.5. The number of ether oxygens (including phenoxy) is 2. The van der Waals surface area contributed by atoms with E-state index < -0.39 is 23.4 Å². The van der Waals surface area contributed by atoms with Gasteiger partial charge in [0.2, 0.25) is 0 Å². The second-order valence-electron chi connectivity index (χ2n) is 7.22. The molecule has 0 unspecified atom stereocenters. The summed E-state index contributed by atoms with van der Waals surface area (Å²) in [4.78, 5) is 25.9. The first-order valence-corrected chi connectivity index (χ1v) is 8.94. The molecule has 0 aliphatic heterocycles. The van der Waals surface area contributed by atoms with Crippen LogP contribution in [0.4, 0.5) is 15.3 Å². The molecule has 0 aliphatic carbocycles. The molecule has 0 aliphatic rings. The Bertz CT molecular complexity index is 592. The van der Waals surface area contributed by atoms with Crippen LogP contribution in [0.15, 0.2) is 18.2 Å². The number of carbonyl (C=O) groups excluding carboxylic acids is 2. The van der Waals surface area contributed by atoms with E-state index in [0.29, 0.717) is 5.33 Å². The fourth-order valence-electron chi connectivity index (χ4n) is 1.70. The highest BCUT2D eigenvalue weighted by Crippen LogP contribution is 2.30. The Morgan fingerprint density at radius 1 is 1.04 bits per heavy atom. The topological polar surface area (TPSA) is 55.8 Å². The second-order valence-corrected chi connectivity index (χ2v) is 8.18. The van der Waals surface area contributed by atoms with Gasteiger partial charge in [-0.15, -0.1) is 0 Å². The van der Waals surface area contributed by atoms with Crippen molar-refractivity contribution in [3.63, 3.8) is 0 Å². The highest BCUT2D eigenvalue weighted by molar-refractivity contribution is 9.08. The van der Waals surface area contributed by atoms with Crippen LogP contribution in [0.1, 0.15) is 47.1 Å². The lowest BCUT2D eigenvalue weighted by Crippen LogP contribution is -2.44. The van der Waals surface area contributed by atoms with Gasteiger partial charge in [0.1, 0.15) is 11.2 Å². The Balaban J connectivity index is 3.27. The summed E-state index contributed by atoms with van der Waals surface area (Å²) in [5, 5.41) is 0.856. The van der Waals surface area contributed by atoms with E-state index in [0.717, 1.165) is 10.5 Å². The van der Waals surface area contributed by atoms with Gasteiger partial charge in [-0.25, -0.2) is 9.59 Å². The van der Waals surface area contributed by atoms with Crippen molar-refractivity contribution in [2.75, 3.05) is 4.90 Å². The molecule has 0 spiro atoms. The predicted octanol–water partition coefficient (Wildman–Crippen LogP) is 5.91.